The van der Waals surface area contributed by atoms with Crippen LogP contribution in [0.3, 0.4) is 0 Å². The lowest BCUT2D eigenvalue weighted by molar-refractivity contribution is -0.117. The van der Waals surface area contributed by atoms with Crippen LogP contribution >= 0.6 is 0 Å². The van der Waals surface area contributed by atoms with Crippen LogP contribution in [-0.4, -0.2) is 50.9 Å². The number of likely N-dealkylation sites (tertiary alicyclic amines) is 1. The molecule has 2 amide bonds. The number of aryl methyl sites for hydroxylation is 2. The van der Waals surface area contributed by atoms with Gasteiger partial charge in [0, 0.05) is 56.0 Å². The summed E-state index contributed by atoms with van der Waals surface area (Å²) in [6.07, 6.45) is 5.16. The van der Waals surface area contributed by atoms with E-state index in [9.17, 15) is 9.59 Å². The predicted octanol–water partition coefficient (Wildman–Crippen LogP) is 3.91. The van der Waals surface area contributed by atoms with E-state index in [-0.39, 0.29) is 17.7 Å². The van der Waals surface area contributed by atoms with Crippen LogP contribution in [-0.2, 0) is 11.3 Å². The fourth-order valence-corrected chi connectivity index (χ4v) is 5.01. The molecule has 0 bridgehead atoms. The van der Waals surface area contributed by atoms with Crippen molar-refractivity contribution in [1.82, 2.24) is 19.4 Å². The van der Waals surface area contributed by atoms with Crippen molar-refractivity contribution >= 4 is 28.7 Å². The highest BCUT2D eigenvalue weighted by Crippen LogP contribution is 2.31. The van der Waals surface area contributed by atoms with Gasteiger partial charge in [0.25, 0.3) is 5.91 Å². The van der Waals surface area contributed by atoms with Crippen molar-refractivity contribution in [1.29, 1.82) is 0 Å². The van der Waals surface area contributed by atoms with Gasteiger partial charge in [-0.15, -0.1) is 0 Å². The lowest BCUT2D eigenvalue weighted by atomic mass is 10.1. The van der Waals surface area contributed by atoms with Crippen LogP contribution in [0.15, 0.2) is 36.5 Å². The van der Waals surface area contributed by atoms with Crippen LogP contribution in [0.25, 0.3) is 11.2 Å². The van der Waals surface area contributed by atoms with E-state index >= 15 is 0 Å². The van der Waals surface area contributed by atoms with Crippen molar-refractivity contribution in [3.8, 4) is 0 Å². The van der Waals surface area contributed by atoms with Crippen LogP contribution < -0.4 is 4.90 Å². The molecular formula is C25H29N5O2. The molecule has 1 aromatic carbocycles. The molecule has 2 fully saturated rings. The van der Waals surface area contributed by atoms with Crippen LogP contribution in [0.1, 0.15) is 60.3 Å². The Morgan fingerprint density at radius 1 is 1.22 bits per heavy atom. The molecule has 5 rings (SSSR count). The molecule has 2 aromatic heterocycles. The van der Waals surface area contributed by atoms with E-state index in [1.807, 2.05) is 53.3 Å². The largest absolute Gasteiger partial charge is 0.338 e. The Hall–Kier alpha value is -3.22. The zero-order valence-electron chi connectivity index (χ0n) is 18.8. The minimum atomic E-state index is 0.0247. The number of aromatic nitrogens is 3. The topological polar surface area (TPSA) is 71.3 Å². The molecule has 0 saturated carbocycles. The fourth-order valence-electron chi connectivity index (χ4n) is 5.01. The maximum absolute atomic E-state index is 13.3. The molecule has 7 heteroatoms. The highest BCUT2D eigenvalue weighted by atomic mass is 16.2. The number of imidazole rings is 1. The second-order valence-corrected chi connectivity index (χ2v) is 8.85. The highest BCUT2D eigenvalue weighted by Gasteiger charge is 2.32. The summed E-state index contributed by atoms with van der Waals surface area (Å²) in [5.41, 5.74) is 4.38. The maximum Gasteiger partial charge on any atom is 0.253 e. The zero-order chi connectivity index (χ0) is 22.2. The molecule has 3 aromatic rings. The first-order chi connectivity index (χ1) is 15.6. The molecule has 0 radical (unpaired) electrons. The summed E-state index contributed by atoms with van der Waals surface area (Å²) >= 11 is 0. The van der Waals surface area contributed by atoms with E-state index < -0.39 is 0 Å². The number of hydrogen-bond donors (Lipinski definition) is 0. The van der Waals surface area contributed by atoms with Gasteiger partial charge in [0.15, 0.2) is 5.65 Å². The number of fused-ring (bicyclic) bond motifs is 1. The number of carbonyl (C=O) groups excluding carboxylic acids is 2. The highest BCUT2D eigenvalue weighted by molar-refractivity contribution is 5.99. The summed E-state index contributed by atoms with van der Waals surface area (Å²) < 4.78 is 2.22. The Kier molecular flexibility index (Phi) is 5.41. The van der Waals surface area contributed by atoms with Gasteiger partial charge in [-0.25, -0.2) is 9.97 Å². The molecule has 2 aliphatic heterocycles. The zero-order valence-corrected chi connectivity index (χ0v) is 18.8. The number of nitrogens with zero attached hydrogens (tertiary/aromatic N) is 5. The van der Waals surface area contributed by atoms with E-state index in [0.717, 1.165) is 60.6 Å². The third-order valence-electron chi connectivity index (χ3n) is 6.64. The quantitative estimate of drug-likeness (QED) is 0.614. The molecule has 1 atom stereocenters. The number of carbonyl (C=O) groups is 2. The molecule has 0 unspecified atom stereocenters. The van der Waals surface area contributed by atoms with Crippen molar-refractivity contribution in [3.05, 3.63) is 53.5 Å². The van der Waals surface area contributed by atoms with Crippen molar-refractivity contribution < 1.29 is 9.59 Å². The van der Waals surface area contributed by atoms with Gasteiger partial charge in [0.2, 0.25) is 5.91 Å². The third-order valence-corrected chi connectivity index (χ3v) is 6.64. The molecule has 0 N–H and O–H groups in total. The van der Waals surface area contributed by atoms with Crippen LogP contribution in [0.5, 0.6) is 0 Å². The molecule has 32 heavy (non-hydrogen) atoms. The molecule has 2 saturated heterocycles. The second-order valence-electron chi connectivity index (χ2n) is 8.85. The van der Waals surface area contributed by atoms with E-state index in [2.05, 4.69) is 16.5 Å². The second kappa shape index (κ2) is 8.37. The number of hydrogen-bond acceptors (Lipinski definition) is 4. The summed E-state index contributed by atoms with van der Waals surface area (Å²) in [5.74, 6) is 1.40. The van der Waals surface area contributed by atoms with Crippen molar-refractivity contribution in [3.63, 3.8) is 0 Å². The maximum atomic E-state index is 13.3. The average molecular weight is 432 g/mol. The van der Waals surface area contributed by atoms with Gasteiger partial charge in [-0.3, -0.25) is 9.59 Å². The average Bonchev–Trinajstić information content (AvgIpc) is 3.53. The summed E-state index contributed by atoms with van der Waals surface area (Å²) in [6.45, 7) is 7.11. The number of benzene rings is 1. The van der Waals surface area contributed by atoms with Gasteiger partial charge < -0.3 is 14.4 Å². The molecule has 7 nitrogen and oxygen atoms in total. The lowest BCUT2D eigenvalue weighted by Gasteiger charge is -2.21. The normalized spacial score (nSPS) is 18.8. The molecule has 0 spiro atoms. The Morgan fingerprint density at radius 2 is 2.09 bits per heavy atom. The molecule has 2 aliphatic rings. The standard InChI is InChI=1S/C25H29N5O2/c1-3-12-30-23(27-20-6-4-11-26-24(20)30)19-10-14-28(16-19)25(32)18-9-8-17(2)21(15-18)29-13-5-7-22(29)31/h4,6,8-9,11,15,19H,3,5,7,10,12-14,16H2,1-2H3/t19-/m1/s1. The van der Waals surface area contributed by atoms with Crippen molar-refractivity contribution in [2.45, 2.75) is 52.0 Å². The van der Waals surface area contributed by atoms with Crippen molar-refractivity contribution in [2.24, 2.45) is 0 Å². The van der Waals surface area contributed by atoms with E-state index in [0.29, 0.717) is 25.1 Å². The van der Waals surface area contributed by atoms with Gasteiger partial charge in [-0.2, -0.15) is 0 Å². The third kappa shape index (κ3) is 3.55. The predicted molar refractivity (Wildman–Crippen MR) is 124 cm³/mol. The molecule has 0 aliphatic carbocycles. The van der Waals surface area contributed by atoms with Crippen LogP contribution in [0.2, 0.25) is 0 Å². The van der Waals surface area contributed by atoms with Crippen LogP contribution in [0, 0.1) is 6.92 Å². The minimum absolute atomic E-state index is 0.0247. The Morgan fingerprint density at radius 3 is 2.88 bits per heavy atom. The summed E-state index contributed by atoms with van der Waals surface area (Å²) in [4.78, 5) is 38.8. The first-order valence-corrected chi connectivity index (χ1v) is 11.6. The smallest absolute Gasteiger partial charge is 0.253 e. The minimum Gasteiger partial charge on any atom is -0.338 e. The number of anilines is 1. The van der Waals surface area contributed by atoms with Crippen LogP contribution in [0.4, 0.5) is 5.69 Å². The fraction of sp³-hybridized carbons (Fsp3) is 0.440. The lowest BCUT2D eigenvalue weighted by Crippen LogP contribution is -2.30. The number of rotatable bonds is 5. The molecular weight excluding hydrogens is 402 g/mol. The van der Waals surface area contributed by atoms with E-state index in [1.54, 1.807) is 0 Å². The Labute approximate surface area is 188 Å². The number of pyridine rings is 1. The first-order valence-electron chi connectivity index (χ1n) is 11.6. The Bertz CT molecular complexity index is 1180. The van der Waals surface area contributed by atoms with Gasteiger partial charge >= 0.3 is 0 Å². The van der Waals surface area contributed by atoms with Gasteiger partial charge in [0.1, 0.15) is 11.3 Å². The van der Waals surface area contributed by atoms with Gasteiger partial charge in [-0.1, -0.05) is 13.0 Å². The van der Waals surface area contributed by atoms with Gasteiger partial charge in [0.05, 0.1) is 0 Å². The SMILES string of the molecule is CCCn1c([C@@H]2CCN(C(=O)c3ccc(C)c(N4CCCC4=O)c3)C2)nc2cccnc21. The monoisotopic (exact) mass is 431 g/mol. The van der Waals surface area contributed by atoms with Crippen molar-refractivity contribution in [2.75, 3.05) is 24.5 Å². The summed E-state index contributed by atoms with van der Waals surface area (Å²) in [7, 11) is 0. The summed E-state index contributed by atoms with van der Waals surface area (Å²) in [6, 6.07) is 9.65. The van der Waals surface area contributed by atoms with Gasteiger partial charge in [-0.05, 0) is 56.0 Å². The molecule has 166 valence electrons. The van der Waals surface area contributed by atoms with E-state index in [1.165, 1.54) is 0 Å². The Balaban J connectivity index is 1.38. The first kappa shape index (κ1) is 20.7. The van der Waals surface area contributed by atoms with E-state index in [4.69, 9.17) is 4.98 Å². The number of amides is 2. The summed E-state index contributed by atoms with van der Waals surface area (Å²) in [5, 5.41) is 0. The molecule has 4 heterocycles.